The van der Waals surface area contributed by atoms with E-state index in [9.17, 15) is 8.42 Å². The molecule has 0 aliphatic carbocycles. The molecule has 104 valence electrons. The summed E-state index contributed by atoms with van der Waals surface area (Å²) in [4.78, 5) is 0. The lowest BCUT2D eigenvalue weighted by Gasteiger charge is -2.24. The molecule has 2 rings (SSSR count). The highest BCUT2D eigenvalue weighted by Crippen LogP contribution is 2.20. The number of aromatic nitrogens is 2. The van der Waals surface area contributed by atoms with Crippen molar-refractivity contribution in [1.82, 2.24) is 14.5 Å². The summed E-state index contributed by atoms with van der Waals surface area (Å²) < 4.78 is 31.7. The van der Waals surface area contributed by atoms with Gasteiger partial charge in [-0.25, -0.2) is 8.42 Å². The van der Waals surface area contributed by atoms with Gasteiger partial charge in [-0.1, -0.05) is 0 Å². The quantitative estimate of drug-likeness (QED) is 0.909. The van der Waals surface area contributed by atoms with Gasteiger partial charge in [-0.3, -0.25) is 5.10 Å². The summed E-state index contributed by atoms with van der Waals surface area (Å²) in [6.07, 6.45) is 1.42. The summed E-state index contributed by atoms with van der Waals surface area (Å²) in [7, 11) is -3.59. The Bertz CT molecular complexity index is 629. The number of hydrogen-bond donors (Lipinski definition) is 1. The van der Waals surface area contributed by atoms with Gasteiger partial charge in [0.2, 0.25) is 0 Å². The molecule has 7 heteroatoms. The molecule has 0 saturated carbocycles. The molecule has 0 amide bonds. The predicted molar refractivity (Wildman–Crippen MR) is 69.9 cm³/mol. The van der Waals surface area contributed by atoms with Gasteiger partial charge >= 0.3 is 0 Å². The van der Waals surface area contributed by atoms with Crippen molar-refractivity contribution in [3.05, 3.63) is 35.9 Å². The second-order valence-electron chi connectivity index (χ2n) is 4.58. The lowest BCUT2D eigenvalue weighted by molar-refractivity contribution is 0.313. The summed E-state index contributed by atoms with van der Waals surface area (Å²) in [6, 6.07) is 4.86. The zero-order valence-corrected chi connectivity index (χ0v) is 11.9. The molecule has 0 fully saturated rings. The van der Waals surface area contributed by atoms with Crippen molar-refractivity contribution >= 4 is 10.0 Å². The Labute approximate surface area is 112 Å². The maximum absolute atomic E-state index is 12.5. The molecule has 2 aromatic heterocycles. The average molecular weight is 283 g/mol. The highest BCUT2D eigenvalue weighted by molar-refractivity contribution is 7.89. The molecule has 0 aliphatic heterocycles. The van der Waals surface area contributed by atoms with E-state index in [0.29, 0.717) is 5.76 Å². The van der Waals surface area contributed by atoms with E-state index in [0.717, 1.165) is 5.76 Å². The molecule has 0 atom stereocenters. The Morgan fingerprint density at radius 2 is 2.11 bits per heavy atom. The summed E-state index contributed by atoms with van der Waals surface area (Å²) in [5, 5.41) is 6.27. The van der Waals surface area contributed by atoms with Crippen LogP contribution >= 0.6 is 0 Å². The van der Waals surface area contributed by atoms with Crippen molar-refractivity contribution in [2.75, 3.05) is 0 Å². The van der Waals surface area contributed by atoms with Gasteiger partial charge in [0.25, 0.3) is 10.0 Å². The Hall–Kier alpha value is -1.60. The van der Waals surface area contributed by atoms with Gasteiger partial charge in [-0.2, -0.15) is 9.40 Å². The van der Waals surface area contributed by atoms with Crippen LogP contribution in [0.5, 0.6) is 0 Å². The van der Waals surface area contributed by atoms with Gasteiger partial charge in [-0.15, -0.1) is 0 Å². The molecular weight excluding hydrogens is 266 g/mol. The Morgan fingerprint density at radius 1 is 1.37 bits per heavy atom. The Balaban J connectivity index is 2.31. The van der Waals surface area contributed by atoms with Crippen LogP contribution in [-0.2, 0) is 16.6 Å². The second-order valence-corrected chi connectivity index (χ2v) is 6.44. The third kappa shape index (κ3) is 2.87. The molecule has 6 nitrogen and oxygen atoms in total. The first kappa shape index (κ1) is 13.8. The van der Waals surface area contributed by atoms with E-state index in [1.807, 2.05) is 26.8 Å². The average Bonchev–Trinajstić information content (AvgIpc) is 2.96. The van der Waals surface area contributed by atoms with E-state index < -0.39 is 10.0 Å². The third-order valence-corrected chi connectivity index (χ3v) is 4.70. The molecule has 0 bridgehead atoms. The number of sulfonamides is 1. The highest BCUT2D eigenvalue weighted by Gasteiger charge is 2.29. The number of aromatic amines is 1. The van der Waals surface area contributed by atoms with Crippen molar-refractivity contribution in [3.63, 3.8) is 0 Å². The largest absolute Gasteiger partial charge is 0.465 e. The Kier molecular flexibility index (Phi) is 3.77. The van der Waals surface area contributed by atoms with Crippen LogP contribution in [-0.4, -0.2) is 29.0 Å². The Morgan fingerprint density at radius 3 is 2.58 bits per heavy atom. The van der Waals surface area contributed by atoms with Crippen LogP contribution in [0.15, 0.2) is 33.8 Å². The second kappa shape index (κ2) is 5.18. The number of H-pyrrole nitrogens is 1. The lowest BCUT2D eigenvalue weighted by Crippen LogP contribution is -2.36. The maximum atomic E-state index is 12.5. The zero-order chi connectivity index (χ0) is 14.0. The summed E-state index contributed by atoms with van der Waals surface area (Å²) in [5.41, 5.74) is 0. The third-order valence-electron chi connectivity index (χ3n) is 2.75. The van der Waals surface area contributed by atoms with E-state index in [1.165, 1.54) is 16.6 Å². The first-order chi connectivity index (χ1) is 8.91. The first-order valence-corrected chi connectivity index (χ1v) is 7.42. The van der Waals surface area contributed by atoms with Crippen molar-refractivity contribution < 1.29 is 12.8 Å². The van der Waals surface area contributed by atoms with Gasteiger partial charge in [0.15, 0.2) is 5.03 Å². The number of nitrogens with zero attached hydrogens (tertiary/aromatic N) is 2. The fraction of sp³-hybridized carbons (Fsp3) is 0.417. The van der Waals surface area contributed by atoms with E-state index in [-0.39, 0.29) is 17.6 Å². The predicted octanol–water partition coefficient (Wildman–Crippen LogP) is 1.91. The van der Waals surface area contributed by atoms with Gasteiger partial charge < -0.3 is 4.42 Å². The summed E-state index contributed by atoms with van der Waals surface area (Å²) in [6.45, 7) is 5.67. The minimum atomic E-state index is -3.59. The van der Waals surface area contributed by atoms with Crippen LogP contribution in [0.4, 0.5) is 0 Å². The van der Waals surface area contributed by atoms with Gasteiger partial charge in [-0.05, 0) is 39.0 Å². The lowest BCUT2D eigenvalue weighted by atomic mass is 10.3. The van der Waals surface area contributed by atoms with Crippen molar-refractivity contribution in [2.24, 2.45) is 0 Å². The van der Waals surface area contributed by atoms with Crippen LogP contribution in [0.25, 0.3) is 0 Å². The molecule has 0 radical (unpaired) electrons. The van der Waals surface area contributed by atoms with Crippen LogP contribution in [0.2, 0.25) is 0 Å². The van der Waals surface area contributed by atoms with E-state index >= 15 is 0 Å². The fourth-order valence-corrected chi connectivity index (χ4v) is 3.29. The molecule has 2 heterocycles. The SMILES string of the molecule is Cc1ccc(CN(C(C)C)S(=O)(=O)c2ccn[nH]2)o1. The number of furan rings is 1. The molecule has 1 N–H and O–H groups in total. The fourth-order valence-electron chi connectivity index (χ4n) is 1.78. The first-order valence-electron chi connectivity index (χ1n) is 5.98. The molecule has 19 heavy (non-hydrogen) atoms. The molecule has 0 unspecified atom stereocenters. The van der Waals surface area contributed by atoms with Crippen molar-refractivity contribution in [3.8, 4) is 0 Å². The molecule has 0 saturated heterocycles. The van der Waals surface area contributed by atoms with Crippen LogP contribution in [0, 0.1) is 6.92 Å². The normalized spacial score (nSPS) is 12.5. The van der Waals surface area contributed by atoms with E-state index in [2.05, 4.69) is 10.2 Å². The minimum absolute atomic E-state index is 0.0875. The van der Waals surface area contributed by atoms with Crippen molar-refractivity contribution in [1.29, 1.82) is 0 Å². The topological polar surface area (TPSA) is 79.2 Å². The van der Waals surface area contributed by atoms with Crippen LogP contribution < -0.4 is 0 Å². The summed E-state index contributed by atoms with van der Waals surface area (Å²) >= 11 is 0. The number of aryl methyl sites for hydroxylation is 1. The molecule has 0 aromatic carbocycles. The number of hydrogen-bond acceptors (Lipinski definition) is 4. The molecule has 2 aromatic rings. The standard InChI is InChI=1S/C12H17N3O3S/c1-9(2)15(8-11-5-4-10(3)18-11)19(16,17)12-6-7-13-14-12/h4-7,9H,8H2,1-3H3,(H,13,14). The highest BCUT2D eigenvalue weighted by atomic mass is 32.2. The smallest absolute Gasteiger partial charge is 0.260 e. The maximum Gasteiger partial charge on any atom is 0.260 e. The molecule has 0 aliphatic rings. The number of rotatable bonds is 5. The summed E-state index contributed by atoms with van der Waals surface area (Å²) in [5.74, 6) is 1.38. The van der Waals surface area contributed by atoms with Gasteiger partial charge in [0, 0.05) is 6.04 Å². The van der Waals surface area contributed by atoms with Crippen molar-refractivity contribution in [2.45, 2.75) is 38.4 Å². The van der Waals surface area contributed by atoms with Crippen LogP contribution in [0.3, 0.4) is 0 Å². The van der Waals surface area contributed by atoms with Crippen LogP contribution in [0.1, 0.15) is 25.4 Å². The van der Waals surface area contributed by atoms with E-state index in [4.69, 9.17) is 4.42 Å². The minimum Gasteiger partial charge on any atom is -0.465 e. The van der Waals surface area contributed by atoms with E-state index in [1.54, 1.807) is 6.07 Å². The van der Waals surface area contributed by atoms with Gasteiger partial charge in [0.1, 0.15) is 11.5 Å². The number of nitrogens with one attached hydrogen (secondary N) is 1. The van der Waals surface area contributed by atoms with Gasteiger partial charge in [0.05, 0.1) is 12.7 Å². The molecular formula is C12H17N3O3S. The monoisotopic (exact) mass is 283 g/mol. The zero-order valence-electron chi connectivity index (χ0n) is 11.1. The molecule has 0 spiro atoms.